The van der Waals surface area contributed by atoms with Crippen molar-refractivity contribution in [1.82, 2.24) is 4.98 Å². The molecule has 1 aromatic heterocycles. The van der Waals surface area contributed by atoms with Crippen LogP contribution in [0.2, 0.25) is 5.02 Å². The normalized spacial score (nSPS) is 11.4. The summed E-state index contributed by atoms with van der Waals surface area (Å²) in [6.07, 6.45) is 0. The smallest absolute Gasteiger partial charge is 0.262 e. The third-order valence-electron chi connectivity index (χ3n) is 3.05. The van der Waals surface area contributed by atoms with Crippen molar-refractivity contribution < 1.29 is 8.42 Å². The molecule has 0 unspecified atom stereocenters. The number of anilines is 2. The van der Waals surface area contributed by atoms with Crippen LogP contribution in [-0.2, 0) is 10.0 Å². The molecule has 112 valence electrons. The fraction of sp³-hybridized carbons (Fsp3) is 0.214. The van der Waals surface area contributed by atoms with E-state index in [1.807, 2.05) is 6.92 Å². The van der Waals surface area contributed by atoms with Gasteiger partial charge in [0.15, 0.2) is 0 Å². The Labute approximate surface area is 129 Å². The Hall–Kier alpha value is -1.79. The Morgan fingerprint density at radius 2 is 1.86 bits per heavy atom. The van der Waals surface area contributed by atoms with E-state index in [1.165, 1.54) is 12.1 Å². The molecule has 0 amide bonds. The topological polar surface area (TPSA) is 85.1 Å². The SMILES string of the molecule is Cc1ccc(NS(=O)(=O)c2cc(N)c(Cl)cc2C)c(C)n1. The predicted molar refractivity (Wildman–Crippen MR) is 85.1 cm³/mol. The molecule has 2 rings (SSSR count). The Balaban J connectivity index is 2.46. The zero-order valence-corrected chi connectivity index (χ0v) is 13.5. The minimum Gasteiger partial charge on any atom is -0.397 e. The number of hydrogen-bond donors (Lipinski definition) is 2. The lowest BCUT2D eigenvalue weighted by Crippen LogP contribution is -2.16. The third kappa shape index (κ3) is 3.28. The molecule has 0 aliphatic heterocycles. The summed E-state index contributed by atoms with van der Waals surface area (Å²) in [6.45, 7) is 5.25. The van der Waals surface area contributed by atoms with Crippen molar-refractivity contribution in [2.45, 2.75) is 25.7 Å². The summed E-state index contributed by atoms with van der Waals surface area (Å²) < 4.78 is 27.5. The molecule has 0 saturated carbocycles. The lowest BCUT2D eigenvalue weighted by molar-refractivity contribution is 0.600. The van der Waals surface area contributed by atoms with Crippen LogP contribution in [0, 0.1) is 20.8 Å². The first-order chi connectivity index (χ1) is 9.70. The van der Waals surface area contributed by atoms with E-state index in [9.17, 15) is 8.42 Å². The van der Waals surface area contributed by atoms with Crippen LogP contribution in [0.5, 0.6) is 0 Å². The van der Waals surface area contributed by atoms with Gasteiger partial charge in [0, 0.05) is 5.69 Å². The molecule has 0 aliphatic carbocycles. The number of rotatable bonds is 3. The maximum atomic E-state index is 12.5. The fourth-order valence-electron chi connectivity index (χ4n) is 1.95. The van der Waals surface area contributed by atoms with Crippen LogP contribution >= 0.6 is 11.6 Å². The van der Waals surface area contributed by atoms with E-state index in [4.69, 9.17) is 17.3 Å². The number of hydrogen-bond acceptors (Lipinski definition) is 4. The van der Waals surface area contributed by atoms with Gasteiger partial charge >= 0.3 is 0 Å². The predicted octanol–water partition coefficient (Wildman–Crippen LogP) is 3.04. The van der Waals surface area contributed by atoms with Crippen LogP contribution in [0.3, 0.4) is 0 Å². The van der Waals surface area contributed by atoms with Crippen molar-refractivity contribution in [3.63, 3.8) is 0 Å². The maximum absolute atomic E-state index is 12.5. The van der Waals surface area contributed by atoms with Crippen molar-refractivity contribution in [2.24, 2.45) is 0 Å². The number of benzene rings is 1. The lowest BCUT2D eigenvalue weighted by Gasteiger charge is -2.13. The monoisotopic (exact) mass is 325 g/mol. The summed E-state index contributed by atoms with van der Waals surface area (Å²) in [5.74, 6) is 0. The molecule has 0 bridgehead atoms. The maximum Gasteiger partial charge on any atom is 0.262 e. The molecule has 21 heavy (non-hydrogen) atoms. The fourth-order valence-corrected chi connectivity index (χ4v) is 3.55. The molecule has 0 aliphatic rings. The molecule has 3 N–H and O–H groups in total. The summed E-state index contributed by atoms with van der Waals surface area (Å²) in [5, 5.41) is 0.333. The van der Waals surface area contributed by atoms with Gasteiger partial charge in [-0.1, -0.05) is 11.6 Å². The van der Waals surface area contributed by atoms with Crippen LogP contribution in [0.15, 0.2) is 29.2 Å². The summed E-state index contributed by atoms with van der Waals surface area (Å²) in [5.41, 5.74) is 8.31. The summed E-state index contributed by atoms with van der Waals surface area (Å²) >= 11 is 5.89. The van der Waals surface area contributed by atoms with Crippen molar-refractivity contribution in [1.29, 1.82) is 0 Å². The molecular weight excluding hydrogens is 310 g/mol. The Morgan fingerprint density at radius 3 is 2.48 bits per heavy atom. The Bertz CT molecular complexity index is 804. The number of nitrogens with one attached hydrogen (secondary N) is 1. The van der Waals surface area contributed by atoms with Crippen molar-refractivity contribution >= 4 is 33.0 Å². The van der Waals surface area contributed by atoms with Crippen LogP contribution in [-0.4, -0.2) is 13.4 Å². The summed E-state index contributed by atoms with van der Waals surface area (Å²) in [7, 11) is -3.75. The van der Waals surface area contributed by atoms with Gasteiger partial charge in [-0.15, -0.1) is 0 Å². The Kier molecular flexibility index (Phi) is 4.11. The highest BCUT2D eigenvalue weighted by molar-refractivity contribution is 7.92. The van der Waals surface area contributed by atoms with E-state index >= 15 is 0 Å². The highest BCUT2D eigenvalue weighted by atomic mass is 35.5. The third-order valence-corrected chi connectivity index (χ3v) is 4.89. The van der Waals surface area contributed by atoms with Crippen LogP contribution in [0.4, 0.5) is 11.4 Å². The van der Waals surface area contributed by atoms with Gasteiger partial charge in [-0.25, -0.2) is 8.42 Å². The number of aryl methyl sites for hydroxylation is 3. The minimum atomic E-state index is -3.75. The molecular formula is C14H16ClN3O2S. The average molecular weight is 326 g/mol. The van der Waals surface area contributed by atoms with Gasteiger partial charge in [-0.05, 0) is 50.6 Å². The van der Waals surface area contributed by atoms with Crippen molar-refractivity contribution in [2.75, 3.05) is 10.5 Å². The van der Waals surface area contributed by atoms with Crippen LogP contribution in [0.25, 0.3) is 0 Å². The van der Waals surface area contributed by atoms with Crippen LogP contribution < -0.4 is 10.5 Å². The van der Waals surface area contributed by atoms with E-state index < -0.39 is 10.0 Å². The second kappa shape index (κ2) is 5.54. The number of nitrogens with two attached hydrogens (primary N) is 1. The molecule has 1 heterocycles. The molecule has 0 fully saturated rings. The van der Waals surface area contributed by atoms with E-state index in [1.54, 1.807) is 26.0 Å². The molecule has 5 nitrogen and oxygen atoms in total. The molecule has 2 aromatic rings. The number of sulfonamides is 1. The van der Waals surface area contributed by atoms with E-state index in [-0.39, 0.29) is 10.6 Å². The number of halogens is 1. The summed E-state index contributed by atoms with van der Waals surface area (Å²) in [4.78, 5) is 4.33. The molecule has 0 radical (unpaired) electrons. The van der Waals surface area contributed by atoms with E-state index in [2.05, 4.69) is 9.71 Å². The molecule has 0 spiro atoms. The quantitative estimate of drug-likeness (QED) is 0.849. The molecule has 1 aromatic carbocycles. The van der Waals surface area contributed by atoms with E-state index in [0.29, 0.717) is 22.0 Å². The zero-order valence-electron chi connectivity index (χ0n) is 11.9. The van der Waals surface area contributed by atoms with Gasteiger partial charge in [0.25, 0.3) is 10.0 Å². The highest BCUT2D eigenvalue weighted by Crippen LogP contribution is 2.28. The largest absolute Gasteiger partial charge is 0.397 e. The second-order valence-electron chi connectivity index (χ2n) is 4.83. The van der Waals surface area contributed by atoms with Crippen molar-refractivity contribution in [3.05, 3.63) is 46.2 Å². The average Bonchev–Trinajstić information content (AvgIpc) is 2.37. The summed E-state index contributed by atoms with van der Waals surface area (Å²) in [6, 6.07) is 6.32. The van der Waals surface area contributed by atoms with Crippen molar-refractivity contribution in [3.8, 4) is 0 Å². The Morgan fingerprint density at radius 1 is 1.19 bits per heavy atom. The first kappa shape index (κ1) is 15.6. The van der Waals surface area contributed by atoms with Gasteiger partial charge in [-0.3, -0.25) is 9.71 Å². The highest BCUT2D eigenvalue weighted by Gasteiger charge is 2.19. The first-order valence-electron chi connectivity index (χ1n) is 6.23. The van der Waals surface area contributed by atoms with Crippen LogP contribution in [0.1, 0.15) is 17.0 Å². The molecule has 0 saturated heterocycles. The second-order valence-corrected chi connectivity index (χ2v) is 6.89. The van der Waals surface area contributed by atoms with Gasteiger partial charge < -0.3 is 5.73 Å². The number of nitrogen functional groups attached to an aromatic ring is 1. The molecule has 7 heteroatoms. The standard InChI is InChI=1S/C14H16ClN3O2S/c1-8-6-11(15)12(16)7-14(8)21(19,20)18-13-5-4-9(2)17-10(13)3/h4-7,18H,16H2,1-3H3. The van der Waals surface area contributed by atoms with Gasteiger partial charge in [0.1, 0.15) is 0 Å². The lowest BCUT2D eigenvalue weighted by atomic mass is 10.2. The number of aromatic nitrogens is 1. The minimum absolute atomic E-state index is 0.101. The first-order valence-corrected chi connectivity index (χ1v) is 8.09. The van der Waals surface area contributed by atoms with Gasteiger partial charge in [-0.2, -0.15) is 0 Å². The number of pyridine rings is 1. The van der Waals surface area contributed by atoms with Gasteiger partial charge in [0.05, 0.1) is 27.0 Å². The van der Waals surface area contributed by atoms with Gasteiger partial charge in [0.2, 0.25) is 0 Å². The number of nitrogens with zero attached hydrogens (tertiary/aromatic N) is 1. The molecule has 0 atom stereocenters. The zero-order chi connectivity index (χ0) is 15.8. The van der Waals surface area contributed by atoms with E-state index in [0.717, 1.165) is 5.69 Å².